The summed E-state index contributed by atoms with van der Waals surface area (Å²) in [4.78, 5) is 16.9. The predicted molar refractivity (Wildman–Crippen MR) is 61.1 cm³/mol. The maximum Gasteiger partial charge on any atom is 0.270 e. The Kier molecular flexibility index (Phi) is 3.62. The summed E-state index contributed by atoms with van der Waals surface area (Å²) < 4.78 is 0. The molecule has 0 aromatic carbocycles. The van der Waals surface area contributed by atoms with Gasteiger partial charge in [0.1, 0.15) is 5.69 Å². The molecule has 0 radical (unpaired) electrons. The highest BCUT2D eigenvalue weighted by Gasteiger charge is 2.24. The minimum atomic E-state index is 0.0765. The van der Waals surface area contributed by atoms with Crippen LogP contribution in [0.4, 0.5) is 0 Å². The topological polar surface area (TPSA) is 56.3 Å². The number of nitrogens with one attached hydrogen (secondary N) is 1. The van der Waals surface area contributed by atoms with Gasteiger partial charge in [0, 0.05) is 25.9 Å². The number of likely N-dealkylation sites (tertiary alicyclic amines) is 1. The zero-order valence-corrected chi connectivity index (χ0v) is 9.35. The molecule has 2 heterocycles. The zero-order valence-electron chi connectivity index (χ0n) is 9.35. The number of aliphatic hydroxyl groups excluding tert-OH is 1. The van der Waals surface area contributed by atoms with Gasteiger partial charge in [0.2, 0.25) is 0 Å². The van der Waals surface area contributed by atoms with Gasteiger partial charge in [-0.1, -0.05) is 0 Å². The van der Waals surface area contributed by atoms with Crippen LogP contribution in [0.3, 0.4) is 0 Å². The van der Waals surface area contributed by atoms with Gasteiger partial charge in [0.15, 0.2) is 0 Å². The Bertz CT molecular complexity index is 333. The summed E-state index contributed by atoms with van der Waals surface area (Å²) in [6.45, 7) is 1.83. The van der Waals surface area contributed by atoms with E-state index in [4.69, 9.17) is 5.11 Å². The molecule has 1 unspecified atom stereocenters. The molecule has 1 atom stereocenters. The molecule has 4 nitrogen and oxygen atoms in total. The first-order valence-electron chi connectivity index (χ1n) is 5.85. The number of piperidine rings is 1. The molecule has 4 heteroatoms. The Hall–Kier alpha value is -1.29. The van der Waals surface area contributed by atoms with E-state index in [0.717, 1.165) is 32.4 Å². The van der Waals surface area contributed by atoms with E-state index in [1.807, 2.05) is 11.0 Å². The van der Waals surface area contributed by atoms with Gasteiger partial charge in [-0.2, -0.15) is 0 Å². The minimum absolute atomic E-state index is 0.0765. The smallest absolute Gasteiger partial charge is 0.270 e. The Morgan fingerprint density at radius 2 is 2.50 bits per heavy atom. The van der Waals surface area contributed by atoms with Crippen molar-refractivity contribution in [3.63, 3.8) is 0 Å². The van der Waals surface area contributed by atoms with Gasteiger partial charge in [-0.3, -0.25) is 4.79 Å². The molecule has 1 aliphatic rings. The summed E-state index contributed by atoms with van der Waals surface area (Å²) in [7, 11) is 0. The highest BCUT2D eigenvalue weighted by molar-refractivity contribution is 5.92. The molecule has 1 saturated heterocycles. The Balaban J connectivity index is 1.96. The van der Waals surface area contributed by atoms with Crippen LogP contribution in [0.2, 0.25) is 0 Å². The maximum atomic E-state index is 12.0. The fourth-order valence-electron chi connectivity index (χ4n) is 2.30. The molecule has 0 saturated carbocycles. The van der Waals surface area contributed by atoms with Crippen LogP contribution in [0, 0.1) is 5.92 Å². The number of carbonyl (C=O) groups is 1. The van der Waals surface area contributed by atoms with Crippen LogP contribution in [0.1, 0.15) is 29.8 Å². The van der Waals surface area contributed by atoms with Crippen LogP contribution in [0.25, 0.3) is 0 Å². The Morgan fingerprint density at radius 3 is 3.19 bits per heavy atom. The van der Waals surface area contributed by atoms with Crippen LogP contribution in [0.15, 0.2) is 18.3 Å². The standard InChI is InChI=1S/C12H18N2O2/c15-8-5-10-3-2-7-14(9-10)12(16)11-4-1-6-13-11/h1,4,6,10,13,15H,2-3,5,7-9H2. The number of amides is 1. The monoisotopic (exact) mass is 222 g/mol. The number of hydrogen-bond donors (Lipinski definition) is 2. The van der Waals surface area contributed by atoms with Crippen LogP contribution < -0.4 is 0 Å². The predicted octanol–water partition coefficient (Wildman–Crippen LogP) is 1.25. The van der Waals surface area contributed by atoms with Gasteiger partial charge in [-0.15, -0.1) is 0 Å². The average Bonchev–Trinajstić information content (AvgIpc) is 2.82. The first-order valence-corrected chi connectivity index (χ1v) is 5.85. The number of rotatable bonds is 3. The molecule has 0 bridgehead atoms. The van der Waals surface area contributed by atoms with E-state index in [0.29, 0.717) is 11.6 Å². The molecule has 0 aliphatic carbocycles. The lowest BCUT2D eigenvalue weighted by molar-refractivity contribution is 0.0648. The van der Waals surface area contributed by atoms with Gasteiger partial charge in [0.25, 0.3) is 5.91 Å². The zero-order chi connectivity index (χ0) is 11.4. The van der Waals surface area contributed by atoms with Crippen LogP contribution >= 0.6 is 0 Å². The quantitative estimate of drug-likeness (QED) is 0.808. The van der Waals surface area contributed by atoms with E-state index >= 15 is 0 Å². The molecule has 1 fully saturated rings. The first-order chi connectivity index (χ1) is 7.81. The number of aromatic nitrogens is 1. The van der Waals surface area contributed by atoms with Gasteiger partial charge < -0.3 is 15.0 Å². The average molecular weight is 222 g/mol. The van der Waals surface area contributed by atoms with E-state index in [9.17, 15) is 4.79 Å². The molecule has 2 rings (SSSR count). The third kappa shape index (κ3) is 2.44. The van der Waals surface area contributed by atoms with Crippen molar-refractivity contribution in [2.24, 2.45) is 5.92 Å². The molecule has 1 amide bonds. The van der Waals surface area contributed by atoms with Crippen LogP contribution in [0.5, 0.6) is 0 Å². The molecule has 88 valence electrons. The second-order valence-corrected chi connectivity index (χ2v) is 4.36. The van der Waals surface area contributed by atoms with Crippen molar-refractivity contribution in [2.75, 3.05) is 19.7 Å². The third-order valence-corrected chi connectivity index (χ3v) is 3.17. The molecular formula is C12H18N2O2. The molecular weight excluding hydrogens is 204 g/mol. The largest absolute Gasteiger partial charge is 0.396 e. The highest BCUT2D eigenvalue weighted by Crippen LogP contribution is 2.20. The fourth-order valence-corrected chi connectivity index (χ4v) is 2.30. The van der Waals surface area contributed by atoms with Crippen LogP contribution in [-0.2, 0) is 0 Å². The summed E-state index contributed by atoms with van der Waals surface area (Å²) in [5.41, 5.74) is 0.657. The lowest BCUT2D eigenvalue weighted by atomic mass is 9.95. The van der Waals surface area contributed by atoms with Crippen molar-refractivity contribution in [1.29, 1.82) is 0 Å². The van der Waals surface area contributed by atoms with Crippen molar-refractivity contribution in [2.45, 2.75) is 19.3 Å². The van der Waals surface area contributed by atoms with Gasteiger partial charge in [0.05, 0.1) is 0 Å². The fraction of sp³-hybridized carbons (Fsp3) is 0.583. The van der Waals surface area contributed by atoms with Crippen LogP contribution in [-0.4, -0.2) is 40.6 Å². The normalized spacial score (nSPS) is 21.1. The Morgan fingerprint density at radius 1 is 1.62 bits per heavy atom. The van der Waals surface area contributed by atoms with Crippen molar-refractivity contribution in [3.8, 4) is 0 Å². The summed E-state index contributed by atoms with van der Waals surface area (Å²) in [6.07, 6.45) is 4.73. The van der Waals surface area contributed by atoms with Gasteiger partial charge in [-0.25, -0.2) is 0 Å². The number of nitrogens with zero attached hydrogens (tertiary/aromatic N) is 1. The van der Waals surface area contributed by atoms with Gasteiger partial charge >= 0.3 is 0 Å². The summed E-state index contributed by atoms with van der Waals surface area (Å²) in [6, 6.07) is 3.64. The van der Waals surface area contributed by atoms with Crippen molar-refractivity contribution < 1.29 is 9.90 Å². The molecule has 1 aromatic rings. The molecule has 0 spiro atoms. The van der Waals surface area contributed by atoms with E-state index in [2.05, 4.69) is 4.98 Å². The third-order valence-electron chi connectivity index (χ3n) is 3.17. The molecule has 1 aliphatic heterocycles. The van der Waals surface area contributed by atoms with E-state index in [1.54, 1.807) is 12.3 Å². The summed E-state index contributed by atoms with van der Waals surface area (Å²) in [5, 5.41) is 8.92. The van der Waals surface area contributed by atoms with Crippen molar-refractivity contribution in [3.05, 3.63) is 24.0 Å². The molecule has 2 N–H and O–H groups in total. The van der Waals surface area contributed by atoms with E-state index in [-0.39, 0.29) is 12.5 Å². The first kappa shape index (κ1) is 11.2. The minimum Gasteiger partial charge on any atom is -0.396 e. The number of hydrogen-bond acceptors (Lipinski definition) is 2. The Labute approximate surface area is 95.3 Å². The number of aliphatic hydroxyl groups is 1. The van der Waals surface area contributed by atoms with Crippen molar-refractivity contribution in [1.82, 2.24) is 9.88 Å². The second kappa shape index (κ2) is 5.16. The number of H-pyrrole nitrogens is 1. The second-order valence-electron chi connectivity index (χ2n) is 4.36. The lowest BCUT2D eigenvalue weighted by Gasteiger charge is -2.32. The SMILES string of the molecule is O=C(c1ccc[nH]1)N1CCCC(CCO)C1. The molecule has 16 heavy (non-hydrogen) atoms. The summed E-state index contributed by atoms with van der Waals surface area (Å²) in [5.74, 6) is 0.533. The van der Waals surface area contributed by atoms with E-state index in [1.165, 1.54) is 0 Å². The van der Waals surface area contributed by atoms with Gasteiger partial charge in [-0.05, 0) is 37.3 Å². The summed E-state index contributed by atoms with van der Waals surface area (Å²) >= 11 is 0. The molecule has 1 aromatic heterocycles. The highest BCUT2D eigenvalue weighted by atomic mass is 16.3. The van der Waals surface area contributed by atoms with Crippen molar-refractivity contribution >= 4 is 5.91 Å². The number of carbonyl (C=O) groups excluding carboxylic acids is 1. The lowest BCUT2D eigenvalue weighted by Crippen LogP contribution is -2.40. The van der Waals surface area contributed by atoms with E-state index < -0.39 is 0 Å². The maximum absolute atomic E-state index is 12.0. The number of aromatic amines is 1.